The first-order valence-corrected chi connectivity index (χ1v) is 2.70. The number of rotatable bonds is 0. The summed E-state index contributed by atoms with van der Waals surface area (Å²) in [7, 11) is 0. The number of nitrogens with zero attached hydrogens (tertiary/aromatic N) is 1. The monoisotopic (exact) mass is 111 g/mol. The van der Waals surface area contributed by atoms with E-state index < -0.39 is 0 Å². The molecule has 1 aliphatic heterocycles. The molecule has 0 aliphatic carbocycles. The summed E-state index contributed by atoms with van der Waals surface area (Å²) in [6.07, 6.45) is 2.48. The van der Waals surface area contributed by atoms with Crippen LogP contribution in [0.4, 0.5) is 0 Å². The molecule has 44 valence electrons. The lowest BCUT2D eigenvalue weighted by atomic mass is 9.92. The van der Waals surface area contributed by atoms with E-state index in [-0.39, 0.29) is 11.3 Å². The van der Waals surface area contributed by atoms with Gasteiger partial charge < -0.3 is 0 Å². The average molecular weight is 111 g/mol. The van der Waals surface area contributed by atoms with Gasteiger partial charge in [0, 0.05) is 6.21 Å². The van der Waals surface area contributed by atoms with Gasteiger partial charge in [-0.2, -0.15) is 0 Å². The van der Waals surface area contributed by atoms with Gasteiger partial charge in [0.2, 0.25) is 0 Å². The Morgan fingerprint density at radius 2 is 2.38 bits per heavy atom. The highest BCUT2D eigenvalue weighted by molar-refractivity contribution is 5.95. The molecule has 0 aromatic rings. The molecule has 0 atom stereocenters. The number of carbonyl (C=O) groups is 1. The Hall–Kier alpha value is -0.660. The summed E-state index contributed by atoms with van der Waals surface area (Å²) in [5, 5.41) is 0. The first-order chi connectivity index (χ1) is 3.63. The van der Waals surface area contributed by atoms with Crippen LogP contribution in [0, 0.1) is 5.41 Å². The van der Waals surface area contributed by atoms with E-state index in [4.69, 9.17) is 0 Å². The van der Waals surface area contributed by atoms with Gasteiger partial charge >= 0.3 is 0 Å². The molecule has 0 aromatic heterocycles. The Morgan fingerprint density at radius 3 is 2.50 bits per heavy atom. The van der Waals surface area contributed by atoms with E-state index in [1.54, 1.807) is 6.21 Å². The fraction of sp³-hybridized carbons (Fsp3) is 0.667. The van der Waals surface area contributed by atoms with Crippen LogP contribution in [0.3, 0.4) is 0 Å². The Bertz CT molecular complexity index is 147. The minimum atomic E-state index is -0.208. The minimum Gasteiger partial charge on any atom is -0.272 e. The summed E-state index contributed by atoms with van der Waals surface area (Å²) >= 11 is 0. The largest absolute Gasteiger partial charge is 0.272 e. The van der Waals surface area contributed by atoms with Gasteiger partial charge in [-0.1, -0.05) is 13.8 Å². The highest BCUT2D eigenvalue weighted by Gasteiger charge is 2.29. The van der Waals surface area contributed by atoms with Crippen molar-refractivity contribution in [2.45, 2.75) is 20.3 Å². The van der Waals surface area contributed by atoms with Gasteiger partial charge in [-0.15, -0.1) is 0 Å². The van der Waals surface area contributed by atoms with Crippen LogP contribution in [-0.4, -0.2) is 12.1 Å². The molecule has 0 fully saturated rings. The molecular weight excluding hydrogens is 102 g/mol. The minimum absolute atomic E-state index is 0.0116. The van der Waals surface area contributed by atoms with Crippen LogP contribution in [-0.2, 0) is 4.79 Å². The molecule has 1 aliphatic rings. The Kier molecular flexibility index (Phi) is 0.962. The smallest absolute Gasteiger partial charge is 0.251 e. The third-order valence-electron chi connectivity index (χ3n) is 1.39. The maximum atomic E-state index is 10.7. The number of carbonyl (C=O) groups excluding carboxylic acids is 1. The van der Waals surface area contributed by atoms with Crippen LogP contribution < -0.4 is 0 Å². The average Bonchev–Trinajstić information content (AvgIpc) is 1.86. The molecule has 0 unspecified atom stereocenters. The topological polar surface area (TPSA) is 29.4 Å². The third kappa shape index (κ3) is 0.661. The Morgan fingerprint density at radius 1 is 1.75 bits per heavy atom. The zero-order valence-electron chi connectivity index (χ0n) is 5.14. The van der Waals surface area contributed by atoms with E-state index in [2.05, 4.69) is 4.99 Å². The third-order valence-corrected chi connectivity index (χ3v) is 1.39. The molecule has 2 nitrogen and oxygen atoms in total. The molecule has 8 heavy (non-hydrogen) atoms. The van der Waals surface area contributed by atoms with E-state index in [0.717, 1.165) is 6.42 Å². The summed E-state index contributed by atoms with van der Waals surface area (Å²) in [5.74, 6) is 0.0116. The predicted octanol–water partition coefficient (Wildman–Crippen LogP) is 1.01. The van der Waals surface area contributed by atoms with E-state index in [1.807, 2.05) is 13.8 Å². The fourth-order valence-corrected chi connectivity index (χ4v) is 0.619. The van der Waals surface area contributed by atoms with Crippen molar-refractivity contribution in [2.75, 3.05) is 0 Å². The molecule has 0 radical (unpaired) electrons. The molecule has 0 bridgehead atoms. The molecule has 0 spiro atoms. The lowest BCUT2D eigenvalue weighted by molar-refractivity contribution is -0.124. The molecule has 0 aromatic carbocycles. The van der Waals surface area contributed by atoms with Crippen molar-refractivity contribution in [1.29, 1.82) is 0 Å². The van der Waals surface area contributed by atoms with Gasteiger partial charge in [0.1, 0.15) is 0 Å². The molecule has 2 heteroatoms. The van der Waals surface area contributed by atoms with Crippen molar-refractivity contribution < 1.29 is 4.79 Å². The molecule has 0 saturated carbocycles. The molecule has 0 saturated heterocycles. The van der Waals surface area contributed by atoms with Crippen LogP contribution in [0.1, 0.15) is 20.3 Å². The highest BCUT2D eigenvalue weighted by atomic mass is 16.1. The quantitative estimate of drug-likeness (QED) is 0.458. The fourth-order valence-electron chi connectivity index (χ4n) is 0.619. The van der Waals surface area contributed by atoms with E-state index >= 15 is 0 Å². The standard InChI is InChI=1S/C6H9NO/c1-6(2)3-4-7-5(6)8/h4H,3H2,1-2H3. The van der Waals surface area contributed by atoms with Crippen LogP contribution >= 0.6 is 0 Å². The number of hydrogen-bond acceptors (Lipinski definition) is 1. The first-order valence-electron chi connectivity index (χ1n) is 2.70. The van der Waals surface area contributed by atoms with Gasteiger partial charge in [-0.3, -0.25) is 4.79 Å². The first kappa shape index (κ1) is 5.48. The van der Waals surface area contributed by atoms with Crippen molar-refractivity contribution in [3.05, 3.63) is 0 Å². The van der Waals surface area contributed by atoms with Crippen LogP contribution in [0.5, 0.6) is 0 Å². The van der Waals surface area contributed by atoms with E-state index in [0.29, 0.717) is 0 Å². The predicted molar refractivity (Wildman–Crippen MR) is 31.9 cm³/mol. The van der Waals surface area contributed by atoms with Gasteiger partial charge in [-0.25, -0.2) is 4.99 Å². The molecular formula is C6H9NO. The summed E-state index contributed by atoms with van der Waals surface area (Å²) in [5.41, 5.74) is -0.208. The number of amides is 1. The van der Waals surface area contributed by atoms with Crippen LogP contribution in [0.2, 0.25) is 0 Å². The van der Waals surface area contributed by atoms with Gasteiger partial charge in [0.25, 0.3) is 5.91 Å². The highest BCUT2D eigenvalue weighted by Crippen LogP contribution is 2.24. The van der Waals surface area contributed by atoms with E-state index in [9.17, 15) is 4.79 Å². The zero-order chi connectivity index (χ0) is 6.20. The van der Waals surface area contributed by atoms with Gasteiger partial charge in [0.05, 0.1) is 5.41 Å². The zero-order valence-corrected chi connectivity index (χ0v) is 5.14. The Labute approximate surface area is 48.6 Å². The van der Waals surface area contributed by atoms with E-state index in [1.165, 1.54) is 0 Å². The van der Waals surface area contributed by atoms with Crippen LogP contribution in [0.25, 0.3) is 0 Å². The molecule has 1 rings (SSSR count). The molecule has 0 N–H and O–H groups in total. The maximum absolute atomic E-state index is 10.7. The summed E-state index contributed by atoms with van der Waals surface area (Å²) < 4.78 is 0. The normalized spacial score (nSPS) is 24.5. The van der Waals surface area contributed by atoms with Crippen molar-refractivity contribution >= 4 is 12.1 Å². The van der Waals surface area contributed by atoms with Gasteiger partial charge in [0.15, 0.2) is 0 Å². The van der Waals surface area contributed by atoms with Crippen molar-refractivity contribution in [3.8, 4) is 0 Å². The maximum Gasteiger partial charge on any atom is 0.251 e. The summed E-state index contributed by atoms with van der Waals surface area (Å²) in [6, 6.07) is 0. The second-order valence-corrected chi connectivity index (χ2v) is 2.70. The second-order valence-electron chi connectivity index (χ2n) is 2.70. The van der Waals surface area contributed by atoms with Crippen molar-refractivity contribution in [1.82, 2.24) is 0 Å². The SMILES string of the molecule is CC1(C)CC=NC1=O. The Balaban J connectivity index is 2.79. The summed E-state index contributed by atoms with van der Waals surface area (Å²) in [4.78, 5) is 14.3. The second kappa shape index (κ2) is 1.41. The number of hydrogen-bond donors (Lipinski definition) is 0. The summed E-state index contributed by atoms with van der Waals surface area (Å²) in [6.45, 7) is 3.81. The van der Waals surface area contributed by atoms with Crippen LogP contribution in [0.15, 0.2) is 4.99 Å². The number of aliphatic imine (C=N–C) groups is 1. The van der Waals surface area contributed by atoms with Crippen molar-refractivity contribution in [3.63, 3.8) is 0 Å². The van der Waals surface area contributed by atoms with Gasteiger partial charge in [-0.05, 0) is 6.42 Å². The molecule has 1 amide bonds. The van der Waals surface area contributed by atoms with Crippen molar-refractivity contribution in [2.24, 2.45) is 10.4 Å². The lowest BCUT2D eigenvalue weighted by Gasteiger charge is -2.10. The molecule has 1 heterocycles. The lowest BCUT2D eigenvalue weighted by Crippen LogP contribution is -2.16.